The summed E-state index contributed by atoms with van der Waals surface area (Å²) in [7, 11) is 3.04. The monoisotopic (exact) mass is 608 g/mol. The first kappa shape index (κ1) is 34.8. The Bertz CT molecular complexity index is 795. The van der Waals surface area contributed by atoms with Gasteiger partial charge in [-0.05, 0) is 31.1 Å². The average molecular weight is 609 g/mol. The zero-order valence-electron chi connectivity index (χ0n) is 22.4. The molecule has 0 saturated heterocycles. The maximum absolute atomic E-state index is 11.8. The molecule has 7 atom stereocenters. The number of rotatable bonds is 19. The standard InChI is InChI=1S/C26H44ClO6P3Si/c1-5-37(6-2,7-3)33-26(4,18-17-22-15-13-16-25(28)31-22)24(29-21-27)20-23(32-36-35)14-11-9-8-10-12-19-30-34/h8-14,16-18,22-24,36H,5-7,15,19-21,34-35H2,1-4H3/b9-8-,12-10+,14-11-,18-17+/t22-,23+,24?,26-/m1/s1. The molecule has 0 aromatic carbocycles. The molecule has 0 radical (unpaired) electrons. The van der Waals surface area contributed by atoms with Crippen molar-refractivity contribution in [1.82, 2.24) is 0 Å². The van der Waals surface area contributed by atoms with E-state index in [1.807, 2.05) is 61.6 Å². The Hall–Kier alpha value is -0.193. The van der Waals surface area contributed by atoms with E-state index in [1.54, 1.807) is 0 Å². The number of halogens is 1. The Morgan fingerprint density at radius 3 is 2.54 bits per heavy atom. The second kappa shape index (κ2) is 19.8. The van der Waals surface area contributed by atoms with Crippen LogP contribution in [0.15, 0.2) is 60.8 Å². The second-order valence-corrected chi connectivity index (χ2v) is 15.2. The zero-order valence-corrected chi connectivity index (χ0v) is 27.5. The SMILES string of the molecule is CC[Si](CC)(CC)O[C@](C)(/C=C/[C@H]1CC=CC(=O)O1)C(C[C@H](\C=C/C=C\C=C\COP)OPP)OCCl. The molecule has 0 aromatic heterocycles. The summed E-state index contributed by atoms with van der Waals surface area (Å²) in [5.41, 5.74) is -0.785. The van der Waals surface area contributed by atoms with Crippen LogP contribution in [-0.4, -0.2) is 50.9 Å². The van der Waals surface area contributed by atoms with E-state index >= 15 is 0 Å². The number of esters is 1. The van der Waals surface area contributed by atoms with Crippen LogP contribution in [0.3, 0.4) is 0 Å². The van der Waals surface area contributed by atoms with Gasteiger partial charge in [0.25, 0.3) is 0 Å². The molecule has 11 heteroatoms. The van der Waals surface area contributed by atoms with E-state index < -0.39 is 13.9 Å². The van der Waals surface area contributed by atoms with Gasteiger partial charge in [0.2, 0.25) is 0 Å². The van der Waals surface area contributed by atoms with Crippen molar-refractivity contribution in [3.8, 4) is 0 Å². The third-order valence-corrected chi connectivity index (χ3v) is 12.4. The van der Waals surface area contributed by atoms with Crippen LogP contribution in [0.25, 0.3) is 0 Å². The highest BCUT2D eigenvalue weighted by molar-refractivity contribution is 8.00. The largest absolute Gasteiger partial charge is 0.455 e. The molecule has 210 valence electrons. The minimum absolute atomic E-state index is 0.0274. The van der Waals surface area contributed by atoms with Crippen LogP contribution in [0, 0.1) is 0 Å². The predicted molar refractivity (Wildman–Crippen MR) is 166 cm³/mol. The number of allylic oxidation sites excluding steroid dienone is 4. The highest BCUT2D eigenvalue weighted by Gasteiger charge is 2.43. The first-order valence-corrected chi connectivity index (χ1v) is 18.9. The van der Waals surface area contributed by atoms with Crippen LogP contribution in [-0.2, 0) is 27.7 Å². The zero-order chi connectivity index (χ0) is 27.6. The van der Waals surface area contributed by atoms with Crippen LogP contribution in [0.5, 0.6) is 0 Å². The normalized spacial score (nSPS) is 20.6. The van der Waals surface area contributed by atoms with E-state index in [9.17, 15) is 4.79 Å². The van der Waals surface area contributed by atoms with Crippen LogP contribution in [0.1, 0.15) is 40.5 Å². The number of ether oxygens (including phenoxy) is 2. The molecule has 6 nitrogen and oxygen atoms in total. The van der Waals surface area contributed by atoms with E-state index in [2.05, 4.69) is 39.2 Å². The lowest BCUT2D eigenvalue weighted by atomic mass is 9.92. The lowest BCUT2D eigenvalue weighted by Crippen LogP contribution is -2.52. The van der Waals surface area contributed by atoms with Crippen LogP contribution < -0.4 is 0 Å². The van der Waals surface area contributed by atoms with Gasteiger partial charge in [-0.15, -0.1) is 0 Å². The van der Waals surface area contributed by atoms with Gasteiger partial charge in [-0.25, -0.2) is 4.79 Å². The van der Waals surface area contributed by atoms with Crippen molar-refractivity contribution in [2.75, 3.05) is 12.7 Å². The fraction of sp³-hybridized carbons (Fsp3) is 0.577. The van der Waals surface area contributed by atoms with Crippen molar-refractivity contribution in [2.24, 2.45) is 0 Å². The molecule has 0 fully saturated rings. The Balaban J connectivity index is 3.26. The van der Waals surface area contributed by atoms with Crippen molar-refractivity contribution in [3.05, 3.63) is 60.8 Å². The van der Waals surface area contributed by atoms with Crippen molar-refractivity contribution in [2.45, 2.75) is 82.6 Å². The average Bonchev–Trinajstić information content (AvgIpc) is 2.90. The van der Waals surface area contributed by atoms with E-state index in [-0.39, 0.29) is 38.8 Å². The smallest absolute Gasteiger partial charge is 0.331 e. The quantitative estimate of drug-likeness (QED) is 0.0380. The van der Waals surface area contributed by atoms with Gasteiger partial charge in [0.15, 0.2) is 8.32 Å². The van der Waals surface area contributed by atoms with Gasteiger partial charge < -0.3 is 22.9 Å². The third-order valence-electron chi connectivity index (χ3n) is 6.46. The lowest BCUT2D eigenvalue weighted by Gasteiger charge is -2.43. The Labute approximate surface area is 236 Å². The van der Waals surface area contributed by atoms with Crippen LogP contribution >= 0.6 is 38.5 Å². The molecular weight excluding hydrogens is 565 g/mol. The van der Waals surface area contributed by atoms with E-state index in [0.29, 0.717) is 19.4 Å². The third kappa shape index (κ3) is 13.1. The van der Waals surface area contributed by atoms with Gasteiger partial charge in [0, 0.05) is 36.9 Å². The molecule has 0 aromatic rings. The number of hydrogen-bond donors (Lipinski definition) is 0. The van der Waals surface area contributed by atoms with Gasteiger partial charge in [-0.2, -0.15) is 0 Å². The highest BCUT2D eigenvalue weighted by Crippen LogP contribution is 2.36. The molecule has 37 heavy (non-hydrogen) atoms. The number of cyclic esters (lactones) is 1. The highest BCUT2D eigenvalue weighted by atomic mass is 35.5. The van der Waals surface area contributed by atoms with E-state index in [4.69, 9.17) is 34.5 Å². The summed E-state index contributed by atoms with van der Waals surface area (Å²) < 4.78 is 29.6. The van der Waals surface area contributed by atoms with Gasteiger partial charge in [0.1, 0.15) is 12.2 Å². The van der Waals surface area contributed by atoms with Gasteiger partial charge in [-0.1, -0.05) is 89.9 Å². The van der Waals surface area contributed by atoms with Crippen LogP contribution in [0.2, 0.25) is 18.1 Å². The molecule has 0 spiro atoms. The Kier molecular flexibility index (Phi) is 18.6. The molecule has 1 aliphatic heterocycles. The number of hydrogen-bond acceptors (Lipinski definition) is 6. The molecule has 4 unspecified atom stereocenters. The fourth-order valence-corrected chi connectivity index (χ4v) is 8.31. The first-order valence-electron chi connectivity index (χ1n) is 12.7. The van der Waals surface area contributed by atoms with Crippen molar-refractivity contribution in [3.63, 3.8) is 0 Å². The molecule has 0 saturated carbocycles. The Morgan fingerprint density at radius 2 is 1.95 bits per heavy atom. The van der Waals surface area contributed by atoms with Gasteiger partial charge in [0.05, 0.1) is 24.4 Å². The maximum Gasteiger partial charge on any atom is 0.331 e. The molecular formula is C26H44ClO6P3Si. The van der Waals surface area contributed by atoms with Gasteiger partial charge in [-0.3, -0.25) is 0 Å². The summed E-state index contributed by atoms with van der Waals surface area (Å²) in [4.78, 5) is 11.8. The molecule has 1 heterocycles. The van der Waals surface area contributed by atoms with Crippen molar-refractivity contribution >= 4 is 52.8 Å². The predicted octanol–water partition coefficient (Wildman–Crippen LogP) is 7.41. The number of carbonyl (C=O) groups excluding carboxylic acids is 1. The molecule has 1 aliphatic rings. The fourth-order valence-electron chi connectivity index (χ4n) is 4.11. The molecule has 0 amide bonds. The van der Waals surface area contributed by atoms with Gasteiger partial charge >= 0.3 is 5.97 Å². The summed E-state index contributed by atoms with van der Waals surface area (Å²) in [6.07, 6.45) is 19.2. The summed E-state index contributed by atoms with van der Waals surface area (Å²) in [5, 5.41) is 0. The summed E-state index contributed by atoms with van der Waals surface area (Å²) in [6.45, 7) is 9.18. The van der Waals surface area contributed by atoms with Crippen LogP contribution in [0.4, 0.5) is 0 Å². The molecule has 0 N–H and O–H groups in total. The Morgan fingerprint density at radius 1 is 1.24 bits per heavy atom. The minimum Gasteiger partial charge on any atom is -0.455 e. The summed E-state index contributed by atoms with van der Waals surface area (Å²) in [6, 6.07) is 3.00. The van der Waals surface area contributed by atoms with Crippen molar-refractivity contribution < 1.29 is 27.7 Å². The topological polar surface area (TPSA) is 63.2 Å². The summed E-state index contributed by atoms with van der Waals surface area (Å²) >= 11 is 6.13. The summed E-state index contributed by atoms with van der Waals surface area (Å²) in [5.74, 6) is -0.333. The first-order chi connectivity index (χ1) is 17.8. The number of carbonyl (C=O) groups is 1. The maximum atomic E-state index is 11.8. The molecule has 1 rings (SSSR count). The van der Waals surface area contributed by atoms with E-state index in [1.165, 1.54) is 6.08 Å². The van der Waals surface area contributed by atoms with Crippen molar-refractivity contribution in [1.29, 1.82) is 0 Å². The van der Waals surface area contributed by atoms with E-state index in [0.717, 1.165) is 18.1 Å². The number of alkyl halides is 1. The molecule has 0 aliphatic carbocycles. The molecule has 0 bridgehead atoms. The second-order valence-electron chi connectivity index (χ2n) is 8.81. The minimum atomic E-state index is -2.05. The lowest BCUT2D eigenvalue weighted by molar-refractivity contribution is -0.141.